The summed E-state index contributed by atoms with van der Waals surface area (Å²) >= 11 is 5.82. The minimum atomic E-state index is -4.35. The lowest BCUT2D eigenvalue weighted by molar-refractivity contribution is -0.137. The first-order chi connectivity index (χ1) is 8.84. The third-order valence-electron chi connectivity index (χ3n) is 2.09. The number of alkyl halides is 3. The summed E-state index contributed by atoms with van der Waals surface area (Å²) in [5.41, 5.74) is 0.0451. The minimum Gasteiger partial charge on any atom is -0.354 e. The van der Waals surface area contributed by atoms with Crippen LogP contribution in [-0.4, -0.2) is 5.17 Å². The number of benzene rings is 1. The van der Waals surface area contributed by atoms with Crippen molar-refractivity contribution in [3.05, 3.63) is 54.4 Å². The van der Waals surface area contributed by atoms with Crippen molar-refractivity contribution in [2.75, 3.05) is 5.32 Å². The van der Waals surface area contributed by atoms with Crippen LogP contribution in [-0.2, 0) is 6.18 Å². The van der Waals surface area contributed by atoms with Crippen LogP contribution in [0.3, 0.4) is 0 Å². The number of aliphatic imine (C=N–C) groups is 1. The van der Waals surface area contributed by atoms with Gasteiger partial charge in [0.05, 0.1) is 11.3 Å². The molecule has 0 atom stereocenters. The number of anilines is 1. The molecule has 0 aromatic heterocycles. The Bertz CT molecular complexity index is 502. The second kappa shape index (κ2) is 6.43. The van der Waals surface area contributed by atoms with Gasteiger partial charge >= 0.3 is 6.18 Å². The number of hydrogen-bond acceptors (Lipinski definition) is 2. The van der Waals surface area contributed by atoms with Crippen molar-refractivity contribution in [2.45, 2.75) is 13.1 Å². The first-order valence-corrected chi connectivity index (χ1v) is 5.70. The summed E-state index contributed by atoms with van der Waals surface area (Å²) in [5, 5.41) is 2.91. The molecule has 0 bridgehead atoms. The Morgan fingerprint density at radius 3 is 2.37 bits per heavy atom. The smallest absolute Gasteiger partial charge is 0.354 e. The van der Waals surface area contributed by atoms with Crippen molar-refractivity contribution >= 4 is 22.5 Å². The molecule has 0 saturated carbocycles. The van der Waals surface area contributed by atoms with E-state index < -0.39 is 11.7 Å². The molecule has 0 aliphatic heterocycles. The molecular formula is C13H12ClF3N2. The van der Waals surface area contributed by atoms with E-state index in [0.29, 0.717) is 11.4 Å². The highest BCUT2D eigenvalue weighted by Crippen LogP contribution is 2.30. The molecule has 1 aromatic rings. The van der Waals surface area contributed by atoms with Gasteiger partial charge in [-0.15, -0.1) is 0 Å². The van der Waals surface area contributed by atoms with Crippen LogP contribution in [0.1, 0.15) is 12.5 Å². The summed E-state index contributed by atoms with van der Waals surface area (Å²) in [6.45, 7) is 5.42. The summed E-state index contributed by atoms with van der Waals surface area (Å²) in [4.78, 5) is 3.86. The zero-order chi connectivity index (χ0) is 14.5. The fraction of sp³-hybridized carbons (Fsp3) is 0.154. The molecule has 102 valence electrons. The quantitative estimate of drug-likeness (QED) is 0.791. The van der Waals surface area contributed by atoms with Gasteiger partial charge in [-0.2, -0.15) is 13.2 Å². The number of hydrogen-bond donors (Lipinski definition) is 1. The fourth-order valence-electron chi connectivity index (χ4n) is 1.19. The van der Waals surface area contributed by atoms with E-state index in [-0.39, 0.29) is 5.17 Å². The Balaban J connectivity index is 2.76. The van der Waals surface area contributed by atoms with E-state index in [1.807, 2.05) is 0 Å². The van der Waals surface area contributed by atoms with Crippen molar-refractivity contribution < 1.29 is 13.2 Å². The molecule has 0 aliphatic carbocycles. The topological polar surface area (TPSA) is 24.4 Å². The highest BCUT2D eigenvalue weighted by atomic mass is 35.5. The molecule has 0 fully saturated rings. The van der Waals surface area contributed by atoms with Crippen molar-refractivity contribution in [3.63, 3.8) is 0 Å². The van der Waals surface area contributed by atoms with E-state index >= 15 is 0 Å². The molecule has 1 rings (SSSR count). The van der Waals surface area contributed by atoms with Gasteiger partial charge in [-0.3, -0.25) is 0 Å². The summed E-state index contributed by atoms with van der Waals surface area (Å²) in [5.74, 6) is 0. The number of nitrogens with one attached hydrogen (secondary N) is 1. The summed E-state index contributed by atoms with van der Waals surface area (Å²) in [6, 6.07) is 4.56. The van der Waals surface area contributed by atoms with Gasteiger partial charge in [0.2, 0.25) is 0 Å². The number of allylic oxidation sites excluding steroid dienone is 2. The maximum Gasteiger partial charge on any atom is 0.416 e. The van der Waals surface area contributed by atoms with Crippen molar-refractivity contribution in [2.24, 2.45) is 4.99 Å². The lowest BCUT2D eigenvalue weighted by Gasteiger charge is -2.10. The predicted molar refractivity (Wildman–Crippen MR) is 72.3 cm³/mol. The van der Waals surface area contributed by atoms with Crippen LogP contribution in [0.2, 0.25) is 0 Å². The fourth-order valence-corrected chi connectivity index (χ4v) is 1.29. The van der Waals surface area contributed by atoms with Crippen LogP contribution in [0.4, 0.5) is 18.9 Å². The highest BCUT2D eigenvalue weighted by Gasteiger charge is 2.29. The maximum atomic E-state index is 12.4. The van der Waals surface area contributed by atoms with Crippen LogP contribution < -0.4 is 5.32 Å². The minimum absolute atomic E-state index is 0.137. The van der Waals surface area contributed by atoms with Gasteiger partial charge in [-0.05, 0) is 31.2 Å². The van der Waals surface area contributed by atoms with Gasteiger partial charge in [0, 0.05) is 11.9 Å². The number of rotatable bonds is 4. The van der Waals surface area contributed by atoms with Gasteiger partial charge in [0.25, 0.3) is 0 Å². The molecule has 1 N–H and O–H groups in total. The molecule has 0 saturated heterocycles. The Labute approximate surface area is 114 Å². The molecule has 6 heteroatoms. The Hall–Kier alpha value is -1.75. The van der Waals surface area contributed by atoms with Crippen LogP contribution in [0, 0.1) is 0 Å². The van der Waals surface area contributed by atoms with E-state index in [1.54, 1.807) is 13.0 Å². The van der Waals surface area contributed by atoms with Crippen LogP contribution in [0.5, 0.6) is 0 Å². The monoisotopic (exact) mass is 288 g/mol. The molecule has 0 radical (unpaired) electrons. The molecule has 2 nitrogen and oxygen atoms in total. The average molecular weight is 289 g/mol. The Morgan fingerprint density at radius 1 is 1.32 bits per heavy atom. The van der Waals surface area contributed by atoms with Gasteiger partial charge in [-0.1, -0.05) is 24.3 Å². The highest BCUT2D eigenvalue weighted by molar-refractivity contribution is 6.69. The zero-order valence-electron chi connectivity index (χ0n) is 10.1. The van der Waals surface area contributed by atoms with Crippen molar-refractivity contribution in [1.29, 1.82) is 0 Å². The van der Waals surface area contributed by atoms with Crippen LogP contribution >= 0.6 is 11.6 Å². The first kappa shape index (κ1) is 15.3. The van der Waals surface area contributed by atoms with E-state index in [1.165, 1.54) is 18.3 Å². The summed E-state index contributed by atoms with van der Waals surface area (Å²) in [7, 11) is 0. The summed E-state index contributed by atoms with van der Waals surface area (Å²) in [6.07, 6.45) is -1.17. The third-order valence-corrected chi connectivity index (χ3v) is 2.42. The molecule has 0 spiro atoms. The Kier molecular flexibility index (Phi) is 5.18. The van der Waals surface area contributed by atoms with Crippen LogP contribution in [0.25, 0.3) is 0 Å². The van der Waals surface area contributed by atoms with Crippen molar-refractivity contribution in [3.8, 4) is 0 Å². The second-order valence-corrected chi connectivity index (χ2v) is 3.94. The van der Waals surface area contributed by atoms with E-state index in [9.17, 15) is 13.2 Å². The molecule has 1 aromatic carbocycles. The zero-order valence-corrected chi connectivity index (χ0v) is 10.9. The molecule has 0 heterocycles. The first-order valence-electron chi connectivity index (χ1n) is 5.32. The number of halogens is 4. The lowest BCUT2D eigenvalue weighted by atomic mass is 10.2. The molecular weight excluding hydrogens is 277 g/mol. The average Bonchev–Trinajstić information content (AvgIpc) is 2.35. The third kappa shape index (κ3) is 4.79. The standard InChI is InChI=1S/C13H12ClF3N2/c1-3-8-18-12(14)9(2)19-11-6-4-10(5-7-11)13(15,16)17/h3-8,19H,2H2,1H3/b8-3-,18-12+. The van der Waals surface area contributed by atoms with Gasteiger partial charge < -0.3 is 5.32 Å². The van der Waals surface area contributed by atoms with E-state index in [0.717, 1.165) is 12.1 Å². The van der Waals surface area contributed by atoms with Gasteiger partial charge in [0.15, 0.2) is 5.17 Å². The SMILES string of the molecule is C=C(Nc1ccc(C(F)(F)F)cc1)/C(Cl)=N\C=C/C. The van der Waals surface area contributed by atoms with Gasteiger partial charge in [-0.25, -0.2) is 4.99 Å². The van der Waals surface area contributed by atoms with E-state index in [2.05, 4.69) is 16.9 Å². The molecule has 0 aliphatic rings. The van der Waals surface area contributed by atoms with Gasteiger partial charge in [0.1, 0.15) is 0 Å². The summed E-state index contributed by atoms with van der Waals surface area (Å²) < 4.78 is 37.1. The Morgan fingerprint density at radius 2 is 1.89 bits per heavy atom. The normalized spacial score (nSPS) is 12.8. The second-order valence-electron chi connectivity index (χ2n) is 3.58. The molecule has 19 heavy (non-hydrogen) atoms. The lowest BCUT2D eigenvalue weighted by Crippen LogP contribution is -2.07. The number of nitrogens with zero attached hydrogens (tertiary/aromatic N) is 1. The molecule has 0 unspecified atom stereocenters. The largest absolute Gasteiger partial charge is 0.416 e. The molecule has 0 amide bonds. The predicted octanol–water partition coefficient (Wildman–Crippen LogP) is 4.80. The maximum absolute atomic E-state index is 12.4. The van der Waals surface area contributed by atoms with Crippen LogP contribution in [0.15, 0.2) is 53.8 Å². The van der Waals surface area contributed by atoms with E-state index in [4.69, 9.17) is 11.6 Å². The van der Waals surface area contributed by atoms with Crippen molar-refractivity contribution in [1.82, 2.24) is 0 Å².